The maximum absolute atomic E-state index is 10.5. The molecule has 1 saturated carbocycles. The predicted octanol–water partition coefficient (Wildman–Crippen LogP) is 4.03. The number of aliphatic hydroxyl groups excluding tert-OH is 2. The molecule has 0 aliphatic heterocycles. The molecule has 4 heteroatoms. The zero-order valence-electron chi connectivity index (χ0n) is 15.9. The van der Waals surface area contributed by atoms with Gasteiger partial charge < -0.3 is 15.3 Å². The minimum atomic E-state index is -1.16. The molecule has 0 aromatic rings. The first-order valence-electron chi connectivity index (χ1n) is 9.30. The van der Waals surface area contributed by atoms with Gasteiger partial charge in [0.1, 0.15) is 0 Å². The van der Waals surface area contributed by atoms with Crippen LogP contribution in [0, 0.1) is 16.7 Å². The highest BCUT2D eigenvalue weighted by atomic mass is 35.5. The lowest BCUT2D eigenvalue weighted by molar-refractivity contribution is -0.0919. The van der Waals surface area contributed by atoms with Gasteiger partial charge in [0, 0.05) is 0 Å². The summed E-state index contributed by atoms with van der Waals surface area (Å²) in [6, 6.07) is 0. The Morgan fingerprint density at radius 2 is 1.92 bits per heavy atom. The van der Waals surface area contributed by atoms with E-state index in [1.165, 1.54) is 11.1 Å². The van der Waals surface area contributed by atoms with Gasteiger partial charge in [0.2, 0.25) is 0 Å². The molecule has 2 rings (SSSR count). The molecule has 3 N–H and O–H groups in total. The first kappa shape index (κ1) is 20.2. The highest BCUT2D eigenvalue weighted by molar-refractivity contribution is 6.18. The number of fused-ring (bicyclic) bond motifs is 1. The van der Waals surface area contributed by atoms with Crippen molar-refractivity contribution in [3.05, 3.63) is 11.1 Å². The largest absolute Gasteiger partial charge is 0.393 e. The summed E-state index contributed by atoms with van der Waals surface area (Å²) in [5.41, 5.74) is 1.68. The van der Waals surface area contributed by atoms with E-state index in [0.29, 0.717) is 12.3 Å². The van der Waals surface area contributed by atoms with E-state index in [9.17, 15) is 15.3 Å². The van der Waals surface area contributed by atoms with Gasteiger partial charge in [-0.05, 0) is 69.1 Å². The second-order valence-corrected chi connectivity index (χ2v) is 9.48. The van der Waals surface area contributed by atoms with Crippen molar-refractivity contribution >= 4 is 11.6 Å². The van der Waals surface area contributed by atoms with Crippen LogP contribution in [0.3, 0.4) is 0 Å². The fraction of sp³-hybridized carbons (Fsp3) is 0.900. The SMILES string of the molecule is CC1=C(CCC(C)(O)C(O)CCl)C2(C)CCC(O)C(C)(C)C2CC1. The summed E-state index contributed by atoms with van der Waals surface area (Å²) < 4.78 is 0. The Morgan fingerprint density at radius 3 is 2.50 bits per heavy atom. The normalized spacial score (nSPS) is 36.9. The summed E-state index contributed by atoms with van der Waals surface area (Å²) in [4.78, 5) is 0. The van der Waals surface area contributed by atoms with Gasteiger partial charge >= 0.3 is 0 Å². The van der Waals surface area contributed by atoms with Crippen LogP contribution in [0.1, 0.15) is 73.1 Å². The van der Waals surface area contributed by atoms with E-state index in [-0.39, 0.29) is 22.8 Å². The zero-order valence-corrected chi connectivity index (χ0v) is 16.7. The van der Waals surface area contributed by atoms with Gasteiger partial charge in [-0.25, -0.2) is 0 Å². The van der Waals surface area contributed by atoms with Crippen LogP contribution < -0.4 is 0 Å². The van der Waals surface area contributed by atoms with Gasteiger partial charge in [0.05, 0.1) is 23.7 Å². The molecule has 24 heavy (non-hydrogen) atoms. The number of halogens is 1. The molecule has 2 aliphatic carbocycles. The predicted molar refractivity (Wildman–Crippen MR) is 99.1 cm³/mol. The number of hydrogen-bond donors (Lipinski definition) is 3. The molecule has 0 aromatic carbocycles. The van der Waals surface area contributed by atoms with Gasteiger partial charge in [-0.3, -0.25) is 0 Å². The van der Waals surface area contributed by atoms with Crippen LogP contribution in [-0.2, 0) is 0 Å². The third kappa shape index (κ3) is 3.42. The maximum atomic E-state index is 10.5. The highest BCUT2D eigenvalue weighted by Crippen LogP contribution is 2.60. The number of rotatable bonds is 5. The molecule has 0 bridgehead atoms. The average Bonchev–Trinajstić information content (AvgIpc) is 2.49. The molecule has 5 atom stereocenters. The van der Waals surface area contributed by atoms with Gasteiger partial charge in [-0.2, -0.15) is 0 Å². The van der Waals surface area contributed by atoms with E-state index < -0.39 is 11.7 Å². The summed E-state index contributed by atoms with van der Waals surface area (Å²) >= 11 is 5.73. The quantitative estimate of drug-likeness (QED) is 0.513. The van der Waals surface area contributed by atoms with Crippen LogP contribution in [0.2, 0.25) is 0 Å². The molecule has 140 valence electrons. The average molecular weight is 359 g/mol. The van der Waals surface area contributed by atoms with E-state index in [2.05, 4.69) is 27.7 Å². The van der Waals surface area contributed by atoms with Gasteiger partial charge in [0.15, 0.2) is 0 Å². The van der Waals surface area contributed by atoms with Crippen molar-refractivity contribution in [1.29, 1.82) is 0 Å². The van der Waals surface area contributed by atoms with Gasteiger partial charge in [-0.15, -0.1) is 11.6 Å². The number of aliphatic hydroxyl groups is 3. The Labute approximate surface area is 152 Å². The van der Waals surface area contributed by atoms with Crippen LogP contribution in [0.25, 0.3) is 0 Å². The van der Waals surface area contributed by atoms with Crippen LogP contribution in [0.15, 0.2) is 11.1 Å². The van der Waals surface area contributed by atoms with Crippen LogP contribution in [0.5, 0.6) is 0 Å². The molecule has 0 saturated heterocycles. The van der Waals surface area contributed by atoms with E-state index in [4.69, 9.17) is 11.6 Å². The fourth-order valence-corrected chi connectivity index (χ4v) is 5.63. The molecule has 5 unspecified atom stereocenters. The standard InChI is InChI=1S/C20H35ClO3/c1-13-6-7-15-18(2,3)16(22)9-10-19(15,4)14(13)8-11-20(5,24)17(23)12-21/h15-17,22-24H,6-12H2,1-5H3. The van der Waals surface area contributed by atoms with Crippen molar-refractivity contribution in [1.82, 2.24) is 0 Å². The smallest absolute Gasteiger partial charge is 0.0959 e. The topological polar surface area (TPSA) is 60.7 Å². The molecular formula is C20H35ClO3. The molecule has 2 aliphatic rings. The van der Waals surface area contributed by atoms with Crippen molar-refractivity contribution < 1.29 is 15.3 Å². The lowest BCUT2D eigenvalue weighted by atomic mass is 9.49. The molecular weight excluding hydrogens is 324 g/mol. The molecule has 0 amide bonds. The summed E-state index contributed by atoms with van der Waals surface area (Å²) in [7, 11) is 0. The van der Waals surface area contributed by atoms with Crippen molar-refractivity contribution in [2.45, 2.75) is 91.0 Å². The summed E-state index contributed by atoms with van der Waals surface area (Å²) in [6.45, 7) is 10.6. The fourth-order valence-electron chi connectivity index (χ4n) is 5.30. The Kier molecular flexibility index (Phi) is 5.82. The van der Waals surface area contributed by atoms with Crippen LogP contribution in [0.4, 0.5) is 0 Å². The van der Waals surface area contributed by atoms with Crippen molar-refractivity contribution in [2.24, 2.45) is 16.7 Å². The van der Waals surface area contributed by atoms with E-state index in [1.54, 1.807) is 6.92 Å². The zero-order chi connectivity index (χ0) is 18.3. The first-order valence-corrected chi connectivity index (χ1v) is 9.84. The monoisotopic (exact) mass is 358 g/mol. The first-order chi connectivity index (χ1) is 11.0. The number of hydrogen-bond acceptors (Lipinski definition) is 3. The Hall–Kier alpha value is -0.0900. The molecule has 0 radical (unpaired) electrons. The van der Waals surface area contributed by atoms with Crippen molar-refractivity contribution in [3.63, 3.8) is 0 Å². The third-order valence-electron chi connectivity index (χ3n) is 7.22. The van der Waals surface area contributed by atoms with Crippen LogP contribution in [-0.4, -0.2) is 39.0 Å². The van der Waals surface area contributed by atoms with E-state index in [0.717, 1.165) is 32.1 Å². The molecule has 0 heterocycles. The Morgan fingerprint density at radius 1 is 1.29 bits per heavy atom. The molecule has 0 aromatic heterocycles. The number of allylic oxidation sites excluding steroid dienone is 2. The minimum absolute atomic E-state index is 0.0458. The third-order valence-corrected chi connectivity index (χ3v) is 7.51. The second-order valence-electron chi connectivity index (χ2n) is 9.17. The number of alkyl halides is 1. The summed E-state index contributed by atoms with van der Waals surface area (Å²) in [6.07, 6.45) is 4.16. The van der Waals surface area contributed by atoms with Gasteiger partial charge in [0.25, 0.3) is 0 Å². The Bertz CT molecular complexity index is 497. The second kappa shape index (κ2) is 6.90. The maximum Gasteiger partial charge on any atom is 0.0959 e. The van der Waals surface area contributed by atoms with E-state index in [1.807, 2.05) is 0 Å². The molecule has 1 fully saturated rings. The highest BCUT2D eigenvalue weighted by Gasteiger charge is 2.53. The van der Waals surface area contributed by atoms with E-state index >= 15 is 0 Å². The molecule has 0 spiro atoms. The lowest BCUT2D eigenvalue weighted by Crippen LogP contribution is -2.52. The minimum Gasteiger partial charge on any atom is -0.393 e. The van der Waals surface area contributed by atoms with Crippen molar-refractivity contribution in [2.75, 3.05) is 5.88 Å². The molecule has 3 nitrogen and oxygen atoms in total. The van der Waals surface area contributed by atoms with Crippen LogP contribution >= 0.6 is 11.6 Å². The lowest BCUT2D eigenvalue weighted by Gasteiger charge is -2.57. The van der Waals surface area contributed by atoms with Gasteiger partial charge in [-0.1, -0.05) is 31.9 Å². The summed E-state index contributed by atoms with van der Waals surface area (Å²) in [5, 5.41) is 31.0. The summed E-state index contributed by atoms with van der Waals surface area (Å²) in [5.74, 6) is 0.500. The van der Waals surface area contributed by atoms with Crippen molar-refractivity contribution in [3.8, 4) is 0 Å². The Balaban J connectivity index is 2.25.